The van der Waals surface area contributed by atoms with Crippen LogP contribution in [0.15, 0.2) is 28.3 Å². The zero-order chi connectivity index (χ0) is 17.5. The number of benzene rings is 1. The Balaban J connectivity index is 2.00. The Morgan fingerprint density at radius 2 is 2.08 bits per heavy atom. The zero-order valence-corrected chi connectivity index (χ0v) is 15.4. The highest BCUT2D eigenvalue weighted by Gasteiger charge is 2.39. The van der Waals surface area contributed by atoms with Gasteiger partial charge in [-0.1, -0.05) is 11.8 Å². The third-order valence-electron chi connectivity index (χ3n) is 4.29. The van der Waals surface area contributed by atoms with Crippen molar-refractivity contribution < 1.29 is 12.8 Å². The minimum absolute atomic E-state index is 0.112. The van der Waals surface area contributed by atoms with E-state index in [4.69, 9.17) is 0 Å². The Hall–Kier alpha value is -1.45. The van der Waals surface area contributed by atoms with Crippen molar-refractivity contribution in [1.82, 2.24) is 19.1 Å². The highest BCUT2D eigenvalue weighted by Crippen LogP contribution is 2.36. The van der Waals surface area contributed by atoms with Crippen molar-refractivity contribution in [1.29, 1.82) is 0 Å². The van der Waals surface area contributed by atoms with E-state index in [-0.39, 0.29) is 10.9 Å². The molecule has 0 saturated carbocycles. The van der Waals surface area contributed by atoms with Crippen molar-refractivity contribution in [2.75, 3.05) is 12.8 Å². The van der Waals surface area contributed by atoms with E-state index < -0.39 is 15.8 Å². The van der Waals surface area contributed by atoms with Gasteiger partial charge in [0.1, 0.15) is 5.82 Å². The number of nitrogens with zero attached hydrogens (tertiary/aromatic N) is 4. The van der Waals surface area contributed by atoms with Gasteiger partial charge in [0.05, 0.1) is 10.9 Å². The van der Waals surface area contributed by atoms with Crippen LogP contribution >= 0.6 is 11.8 Å². The van der Waals surface area contributed by atoms with Gasteiger partial charge in [-0.05, 0) is 49.8 Å². The minimum atomic E-state index is -3.71. The summed E-state index contributed by atoms with van der Waals surface area (Å²) in [5, 5.41) is 9.02. The number of sulfonamides is 1. The maximum Gasteiger partial charge on any atom is 0.243 e. The van der Waals surface area contributed by atoms with Crippen LogP contribution in [0.4, 0.5) is 4.39 Å². The monoisotopic (exact) mass is 370 g/mol. The summed E-state index contributed by atoms with van der Waals surface area (Å²) in [4.78, 5) is 0.112. The molecule has 130 valence electrons. The highest BCUT2D eigenvalue weighted by atomic mass is 32.2. The maximum absolute atomic E-state index is 13.5. The summed E-state index contributed by atoms with van der Waals surface area (Å²) in [6.07, 6.45) is 3.35. The van der Waals surface area contributed by atoms with Crippen LogP contribution in [0.1, 0.15) is 30.3 Å². The summed E-state index contributed by atoms with van der Waals surface area (Å²) in [6, 6.07) is 3.54. The molecule has 0 spiro atoms. The molecule has 1 unspecified atom stereocenters. The molecule has 6 nitrogen and oxygen atoms in total. The molecule has 0 radical (unpaired) electrons. The molecule has 0 bridgehead atoms. The normalized spacial score (nSPS) is 19.1. The molecule has 3 rings (SSSR count). The number of aromatic nitrogens is 3. The van der Waals surface area contributed by atoms with Crippen LogP contribution in [0.25, 0.3) is 0 Å². The Bertz CT molecular complexity index is 866. The molecule has 1 saturated heterocycles. The third-order valence-corrected chi connectivity index (χ3v) is 6.91. The van der Waals surface area contributed by atoms with Gasteiger partial charge in [0.2, 0.25) is 10.0 Å². The molecule has 2 heterocycles. The predicted octanol–water partition coefficient (Wildman–Crippen LogP) is 2.51. The van der Waals surface area contributed by atoms with Gasteiger partial charge in [0, 0.05) is 13.6 Å². The first kappa shape index (κ1) is 17.4. The molecule has 1 fully saturated rings. The van der Waals surface area contributed by atoms with Gasteiger partial charge in [-0.25, -0.2) is 12.8 Å². The number of rotatable bonds is 4. The van der Waals surface area contributed by atoms with Crippen molar-refractivity contribution >= 4 is 21.8 Å². The Morgan fingerprint density at radius 1 is 1.33 bits per heavy atom. The minimum Gasteiger partial charge on any atom is -0.308 e. The highest BCUT2D eigenvalue weighted by molar-refractivity contribution is 7.98. The van der Waals surface area contributed by atoms with Gasteiger partial charge in [-0.3, -0.25) is 0 Å². The van der Waals surface area contributed by atoms with Crippen molar-refractivity contribution in [2.45, 2.75) is 35.9 Å². The second-order valence-electron chi connectivity index (χ2n) is 5.79. The quantitative estimate of drug-likeness (QED) is 0.774. The first-order chi connectivity index (χ1) is 11.4. The van der Waals surface area contributed by atoms with Crippen molar-refractivity contribution in [2.24, 2.45) is 7.05 Å². The molecule has 1 aromatic heterocycles. The van der Waals surface area contributed by atoms with Crippen LogP contribution in [-0.4, -0.2) is 40.3 Å². The van der Waals surface area contributed by atoms with Gasteiger partial charge in [0.15, 0.2) is 11.0 Å². The zero-order valence-electron chi connectivity index (χ0n) is 13.7. The van der Waals surface area contributed by atoms with Crippen molar-refractivity contribution in [3.63, 3.8) is 0 Å². The van der Waals surface area contributed by atoms with Crippen molar-refractivity contribution in [3.05, 3.63) is 35.4 Å². The van der Waals surface area contributed by atoms with Crippen LogP contribution in [0, 0.1) is 12.7 Å². The van der Waals surface area contributed by atoms with Crippen LogP contribution in [0.5, 0.6) is 0 Å². The smallest absolute Gasteiger partial charge is 0.243 e. The molecule has 2 aromatic rings. The van der Waals surface area contributed by atoms with Gasteiger partial charge in [-0.15, -0.1) is 10.2 Å². The average Bonchev–Trinajstić information content (AvgIpc) is 3.16. The molecule has 1 aromatic carbocycles. The third kappa shape index (κ3) is 2.84. The Morgan fingerprint density at radius 3 is 2.71 bits per heavy atom. The van der Waals surface area contributed by atoms with E-state index in [1.807, 2.05) is 17.9 Å². The van der Waals surface area contributed by atoms with Gasteiger partial charge < -0.3 is 4.57 Å². The molecule has 1 atom stereocenters. The largest absolute Gasteiger partial charge is 0.308 e. The fourth-order valence-corrected chi connectivity index (χ4v) is 5.22. The number of thioether (sulfide) groups is 1. The first-order valence-corrected chi connectivity index (χ1v) is 10.2. The summed E-state index contributed by atoms with van der Waals surface area (Å²) in [7, 11) is -1.87. The van der Waals surface area contributed by atoms with Crippen LogP contribution in [-0.2, 0) is 17.1 Å². The van der Waals surface area contributed by atoms with E-state index in [9.17, 15) is 12.8 Å². The summed E-state index contributed by atoms with van der Waals surface area (Å²) < 4.78 is 42.8. The molecule has 0 N–H and O–H groups in total. The predicted molar refractivity (Wildman–Crippen MR) is 89.8 cm³/mol. The van der Waals surface area contributed by atoms with Crippen LogP contribution < -0.4 is 0 Å². The molecule has 24 heavy (non-hydrogen) atoms. The topological polar surface area (TPSA) is 68.1 Å². The average molecular weight is 370 g/mol. The molecular formula is C15H19FN4O2S2. The van der Waals surface area contributed by atoms with E-state index in [0.29, 0.717) is 24.4 Å². The molecule has 1 aliphatic heterocycles. The number of hydrogen-bond donors (Lipinski definition) is 0. The molecule has 1 aliphatic rings. The van der Waals surface area contributed by atoms with Crippen LogP contribution in [0.2, 0.25) is 0 Å². The molecule has 0 aliphatic carbocycles. The summed E-state index contributed by atoms with van der Waals surface area (Å²) in [5.74, 6) is 0.226. The SMILES string of the molecule is CSc1nnc(C2CCCN2S(=O)(=O)c2ccc(F)c(C)c2)n1C. The molecule has 0 amide bonds. The van der Waals surface area contributed by atoms with Gasteiger partial charge in [-0.2, -0.15) is 4.31 Å². The molecule has 9 heteroatoms. The maximum atomic E-state index is 13.5. The van der Waals surface area contributed by atoms with E-state index >= 15 is 0 Å². The second-order valence-corrected chi connectivity index (χ2v) is 8.45. The van der Waals surface area contributed by atoms with E-state index in [1.165, 1.54) is 34.3 Å². The summed E-state index contributed by atoms with van der Waals surface area (Å²) >= 11 is 1.46. The Kier molecular flexibility index (Phi) is 4.67. The standard InChI is InChI=1S/C15H19FN4O2S2/c1-10-9-11(6-7-12(10)16)24(21,22)20-8-4-5-13(20)14-17-18-15(23-3)19(14)2/h6-7,9,13H,4-5,8H2,1-3H3. The van der Waals surface area contributed by atoms with Crippen LogP contribution in [0.3, 0.4) is 0 Å². The number of hydrogen-bond acceptors (Lipinski definition) is 5. The Labute approximate surface area is 145 Å². The first-order valence-electron chi connectivity index (χ1n) is 7.57. The molecular weight excluding hydrogens is 351 g/mol. The lowest BCUT2D eigenvalue weighted by atomic mass is 10.2. The second kappa shape index (κ2) is 6.45. The fraction of sp³-hybridized carbons (Fsp3) is 0.467. The lowest BCUT2D eigenvalue weighted by Crippen LogP contribution is -2.32. The van der Waals surface area contributed by atoms with Gasteiger partial charge in [0.25, 0.3) is 0 Å². The van der Waals surface area contributed by atoms with E-state index in [1.54, 1.807) is 6.92 Å². The van der Waals surface area contributed by atoms with Crippen molar-refractivity contribution in [3.8, 4) is 0 Å². The van der Waals surface area contributed by atoms with E-state index in [0.717, 1.165) is 11.6 Å². The number of aryl methyl sites for hydroxylation is 1. The lowest BCUT2D eigenvalue weighted by molar-refractivity contribution is 0.375. The van der Waals surface area contributed by atoms with Gasteiger partial charge >= 0.3 is 0 Å². The fourth-order valence-electron chi connectivity index (χ4n) is 2.99. The number of halogens is 1. The summed E-state index contributed by atoms with van der Waals surface area (Å²) in [5.41, 5.74) is 0.315. The van der Waals surface area contributed by atoms with E-state index in [2.05, 4.69) is 10.2 Å². The summed E-state index contributed by atoms with van der Waals surface area (Å²) in [6.45, 7) is 1.98. The lowest BCUT2D eigenvalue weighted by Gasteiger charge is -2.23.